The molecule has 0 aliphatic heterocycles. The number of anilines is 1. The van der Waals surface area contributed by atoms with Crippen LogP contribution < -0.4 is 10.0 Å². The van der Waals surface area contributed by atoms with Crippen molar-refractivity contribution in [1.82, 2.24) is 19.9 Å². The largest absolute Gasteiger partial charge is 0.451 e. The van der Waals surface area contributed by atoms with Gasteiger partial charge in [0.1, 0.15) is 0 Å². The van der Waals surface area contributed by atoms with Crippen LogP contribution in [-0.4, -0.2) is 35.0 Å². The second kappa shape index (κ2) is 6.68. The van der Waals surface area contributed by atoms with Crippen molar-refractivity contribution in [2.75, 3.05) is 5.32 Å². The minimum absolute atomic E-state index is 0.0260. The topological polar surface area (TPSA) is 117 Å². The minimum Gasteiger partial charge on any atom is -0.289 e. The highest BCUT2D eigenvalue weighted by Crippen LogP contribution is 2.26. The summed E-state index contributed by atoms with van der Waals surface area (Å²) in [5.41, 5.74) is -0.658. The van der Waals surface area contributed by atoms with Gasteiger partial charge >= 0.3 is 6.18 Å². The van der Waals surface area contributed by atoms with Crippen LogP contribution in [0.15, 0.2) is 29.2 Å². The Kier molecular flexibility index (Phi) is 5.10. The maximum absolute atomic E-state index is 12.4. The van der Waals surface area contributed by atoms with E-state index in [-0.39, 0.29) is 10.5 Å². The highest BCUT2D eigenvalue weighted by Gasteiger charge is 2.35. The molecule has 12 heteroatoms. The van der Waals surface area contributed by atoms with Gasteiger partial charge in [-0.3, -0.25) is 15.2 Å². The molecule has 1 heterocycles. The number of halogens is 3. The van der Waals surface area contributed by atoms with Crippen molar-refractivity contribution < 1.29 is 26.4 Å². The maximum Gasteiger partial charge on any atom is 0.451 e. The van der Waals surface area contributed by atoms with Crippen LogP contribution >= 0.6 is 0 Å². The lowest BCUT2D eigenvalue weighted by molar-refractivity contribution is -0.144. The van der Waals surface area contributed by atoms with Gasteiger partial charge in [0.05, 0.1) is 4.90 Å². The average molecular weight is 391 g/mol. The van der Waals surface area contributed by atoms with E-state index in [1.807, 2.05) is 0 Å². The van der Waals surface area contributed by atoms with Crippen molar-refractivity contribution in [2.45, 2.75) is 37.4 Å². The van der Waals surface area contributed by atoms with Crippen molar-refractivity contribution >= 4 is 21.9 Å². The summed E-state index contributed by atoms with van der Waals surface area (Å²) in [5, 5.41) is 7.01. The number of carbonyl (C=O) groups is 1. The summed E-state index contributed by atoms with van der Waals surface area (Å²) in [7, 11) is -3.77. The summed E-state index contributed by atoms with van der Waals surface area (Å²) < 4.78 is 64.1. The molecule has 1 aromatic carbocycles. The molecular formula is C14H16F3N5O3S. The van der Waals surface area contributed by atoms with Gasteiger partial charge in [-0.15, -0.1) is 5.10 Å². The third-order valence-corrected chi connectivity index (χ3v) is 4.62. The van der Waals surface area contributed by atoms with Gasteiger partial charge in [-0.05, 0) is 45.0 Å². The lowest BCUT2D eigenvalue weighted by atomic mass is 10.1. The molecule has 0 aliphatic carbocycles. The van der Waals surface area contributed by atoms with Gasteiger partial charge in [-0.25, -0.2) is 13.1 Å². The number of carbonyl (C=O) groups excluding carboxylic acids is 1. The second-order valence-corrected chi connectivity index (χ2v) is 8.02. The Labute approximate surface area is 147 Å². The lowest BCUT2D eigenvalue weighted by Gasteiger charge is -2.20. The monoisotopic (exact) mass is 391 g/mol. The summed E-state index contributed by atoms with van der Waals surface area (Å²) in [6, 6.07) is 4.87. The van der Waals surface area contributed by atoms with E-state index in [2.05, 4.69) is 20.1 Å². The van der Waals surface area contributed by atoms with Gasteiger partial charge in [0, 0.05) is 11.1 Å². The predicted molar refractivity (Wildman–Crippen MR) is 85.9 cm³/mol. The van der Waals surface area contributed by atoms with Gasteiger partial charge in [0.25, 0.3) is 5.91 Å². The number of aromatic nitrogens is 3. The molecule has 0 radical (unpaired) electrons. The Morgan fingerprint density at radius 3 is 2.15 bits per heavy atom. The van der Waals surface area contributed by atoms with Crippen LogP contribution in [0.3, 0.4) is 0 Å². The van der Waals surface area contributed by atoms with Crippen LogP contribution in [-0.2, 0) is 16.2 Å². The molecular weight excluding hydrogens is 375 g/mol. The average Bonchev–Trinajstić information content (AvgIpc) is 2.93. The minimum atomic E-state index is -4.72. The molecule has 1 amide bonds. The third kappa shape index (κ3) is 5.02. The number of hydrogen-bond acceptors (Lipinski definition) is 5. The van der Waals surface area contributed by atoms with E-state index < -0.39 is 39.4 Å². The van der Waals surface area contributed by atoms with Gasteiger partial charge in [-0.2, -0.15) is 18.2 Å². The van der Waals surface area contributed by atoms with Gasteiger partial charge in [0.15, 0.2) is 0 Å². The molecule has 2 rings (SSSR count). The Hall–Kier alpha value is -2.47. The Morgan fingerprint density at radius 1 is 1.12 bits per heavy atom. The van der Waals surface area contributed by atoms with E-state index in [0.717, 1.165) is 0 Å². The first-order chi connectivity index (χ1) is 11.8. The lowest BCUT2D eigenvalue weighted by Crippen LogP contribution is -2.40. The van der Waals surface area contributed by atoms with Crippen molar-refractivity contribution in [3.8, 4) is 0 Å². The summed E-state index contributed by atoms with van der Waals surface area (Å²) in [6.45, 7) is 5.04. The van der Waals surface area contributed by atoms with Crippen molar-refractivity contribution in [3.05, 3.63) is 35.7 Å². The first-order valence-corrected chi connectivity index (χ1v) is 8.71. The molecule has 0 bridgehead atoms. The molecule has 0 aliphatic rings. The number of benzene rings is 1. The fraction of sp³-hybridized carbons (Fsp3) is 0.357. The fourth-order valence-electron chi connectivity index (χ4n) is 1.87. The van der Waals surface area contributed by atoms with E-state index in [4.69, 9.17) is 0 Å². The number of H-pyrrole nitrogens is 1. The third-order valence-electron chi connectivity index (χ3n) is 2.85. The number of nitrogens with zero attached hydrogens (tertiary/aromatic N) is 2. The van der Waals surface area contributed by atoms with Crippen LogP contribution in [0.1, 0.15) is 37.0 Å². The molecule has 8 nitrogen and oxygen atoms in total. The van der Waals surface area contributed by atoms with Crippen LogP contribution in [0.2, 0.25) is 0 Å². The fourth-order valence-corrected chi connectivity index (χ4v) is 3.28. The first-order valence-electron chi connectivity index (χ1n) is 7.23. The maximum atomic E-state index is 12.4. The molecule has 0 spiro atoms. The Morgan fingerprint density at radius 2 is 1.69 bits per heavy atom. The number of nitrogens with one attached hydrogen (secondary N) is 3. The Balaban J connectivity index is 2.13. The molecule has 0 fully saturated rings. The van der Waals surface area contributed by atoms with E-state index in [1.54, 1.807) is 25.9 Å². The van der Waals surface area contributed by atoms with Crippen LogP contribution in [0.25, 0.3) is 0 Å². The molecule has 0 atom stereocenters. The molecule has 0 saturated heterocycles. The molecule has 0 unspecified atom stereocenters. The van der Waals surface area contributed by atoms with Gasteiger partial charge in [0.2, 0.25) is 21.8 Å². The summed E-state index contributed by atoms with van der Waals surface area (Å²) >= 11 is 0. The van der Waals surface area contributed by atoms with Gasteiger partial charge in [-0.1, -0.05) is 0 Å². The molecule has 142 valence electrons. The number of hydrogen-bond donors (Lipinski definition) is 3. The second-order valence-electron chi connectivity index (χ2n) is 6.34. The highest BCUT2D eigenvalue weighted by molar-refractivity contribution is 7.89. The van der Waals surface area contributed by atoms with E-state index in [9.17, 15) is 26.4 Å². The van der Waals surface area contributed by atoms with E-state index in [1.165, 1.54) is 24.3 Å². The molecule has 2 aromatic rings. The summed E-state index contributed by atoms with van der Waals surface area (Å²) in [5.74, 6) is -2.68. The zero-order valence-corrected chi connectivity index (χ0v) is 14.8. The smallest absolute Gasteiger partial charge is 0.289 e. The number of aromatic amines is 1. The zero-order valence-electron chi connectivity index (χ0n) is 14.0. The number of rotatable bonds is 4. The molecule has 1 aromatic heterocycles. The number of amides is 1. The van der Waals surface area contributed by atoms with E-state index >= 15 is 0 Å². The normalized spacial score (nSPS) is 12.8. The van der Waals surface area contributed by atoms with Crippen LogP contribution in [0, 0.1) is 0 Å². The quantitative estimate of drug-likeness (QED) is 0.738. The van der Waals surface area contributed by atoms with Crippen molar-refractivity contribution in [2.24, 2.45) is 0 Å². The summed E-state index contributed by atoms with van der Waals surface area (Å²) in [4.78, 5) is 15.1. The predicted octanol–water partition coefficient (Wildman–Crippen LogP) is 2.15. The standard InChI is InChI=1S/C14H16F3N5O3S/c1-13(2,3)22-26(24,25)9-6-4-8(5-7-9)10(23)18-12-19-11(20-21-12)14(15,16)17/h4-7,22H,1-3H3,(H2,18,19,20,21,23). The number of alkyl halides is 3. The molecule has 3 N–H and O–H groups in total. The highest BCUT2D eigenvalue weighted by atomic mass is 32.2. The molecule has 26 heavy (non-hydrogen) atoms. The zero-order chi connectivity index (χ0) is 19.8. The van der Waals surface area contributed by atoms with Gasteiger partial charge < -0.3 is 0 Å². The van der Waals surface area contributed by atoms with E-state index in [0.29, 0.717) is 0 Å². The molecule has 0 saturated carbocycles. The number of sulfonamides is 1. The van der Waals surface area contributed by atoms with Crippen LogP contribution in [0.4, 0.5) is 19.1 Å². The SMILES string of the molecule is CC(C)(C)NS(=O)(=O)c1ccc(C(=O)Nc2n[nH]c(C(F)(F)F)n2)cc1. The summed E-state index contributed by atoms with van der Waals surface area (Å²) in [6.07, 6.45) is -4.72. The van der Waals surface area contributed by atoms with Crippen molar-refractivity contribution in [3.63, 3.8) is 0 Å². The Bertz CT molecular complexity index is 899. The van der Waals surface area contributed by atoms with Crippen molar-refractivity contribution in [1.29, 1.82) is 0 Å². The van der Waals surface area contributed by atoms with Crippen LogP contribution in [0.5, 0.6) is 0 Å². The first kappa shape index (κ1) is 19.8.